The van der Waals surface area contributed by atoms with E-state index in [4.69, 9.17) is 9.47 Å². The van der Waals surface area contributed by atoms with E-state index < -0.39 is 0 Å². The van der Waals surface area contributed by atoms with Crippen molar-refractivity contribution in [2.24, 2.45) is 23.2 Å². The van der Waals surface area contributed by atoms with Crippen LogP contribution in [-0.4, -0.2) is 26.3 Å². The Hall–Kier alpha value is -0.410. The van der Waals surface area contributed by atoms with Gasteiger partial charge in [-0.2, -0.15) is 0 Å². The molecular formula is C13H20O3. The van der Waals surface area contributed by atoms with E-state index in [1.807, 2.05) is 0 Å². The van der Waals surface area contributed by atoms with Crippen molar-refractivity contribution in [3.05, 3.63) is 0 Å². The first kappa shape index (κ1) is 10.7. The molecule has 0 radical (unpaired) electrons. The minimum absolute atomic E-state index is 0.308. The molecule has 2 atom stereocenters. The summed E-state index contributed by atoms with van der Waals surface area (Å²) in [5.41, 5.74) is 0.308. The van der Waals surface area contributed by atoms with Gasteiger partial charge in [0.1, 0.15) is 12.6 Å². The predicted molar refractivity (Wildman–Crippen MR) is 58.8 cm³/mol. The molecule has 0 amide bonds. The van der Waals surface area contributed by atoms with Crippen LogP contribution < -0.4 is 0 Å². The van der Waals surface area contributed by atoms with Crippen LogP contribution in [0.3, 0.4) is 0 Å². The van der Waals surface area contributed by atoms with E-state index in [1.54, 1.807) is 7.11 Å². The number of ketones is 1. The molecule has 2 unspecified atom stereocenters. The number of Topliss-reactive ketones (excluding diaryl/α,β-unsaturated/α-hetero) is 1. The highest BCUT2D eigenvalue weighted by Gasteiger charge is 2.54. The van der Waals surface area contributed by atoms with Crippen LogP contribution in [0.1, 0.15) is 32.1 Å². The summed E-state index contributed by atoms with van der Waals surface area (Å²) >= 11 is 0. The molecule has 0 saturated heterocycles. The Morgan fingerprint density at radius 1 is 1.25 bits per heavy atom. The molecule has 0 aliphatic heterocycles. The van der Waals surface area contributed by atoms with Crippen LogP contribution in [0.2, 0.25) is 0 Å². The van der Waals surface area contributed by atoms with Crippen molar-refractivity contribution in [3.63, 3.8) is 0 Å². The SMILES string of the molecule is COCOCC12CC3CC(C1)C(=O)C(C3)C2. The van der Waals surface area contributed by atoms with Crippen molar-refractivity contribution >= 4 is 5.78 Å². The third-order valence-electron chi connectivity index (χ3n) is 4.73. The number of ether oxygens (including phenoxy) is 2. The Morgan fingerprint density at radius 2 is 1.94 bits per heavy atom. The summed E-state index contributed by atoms with van der Waals surface area (Å²) in [6.07, 6.45) is 5.73. The number of carbonyl (C=O) groups is 1. The largest absolute Gasteiger partial charge is 0.359 e. The third kappa shape index (κ3) is 1.61. The Bertz CT molecular complexity index is 282. The second-order valence-corrected chi connectivity index (χ2v) is 6.00. The first-order valence-electron chi connectivity index (χ1n) is 6.33. The molecule has 3 nitrogen and oxygen atoms in total. The van der Waals surface area contributed by atoms with Crippen molar-refractivity contribution < 1.29 is 14.3 Å². The van der Waals surface area contributed by atoms with E-state index in [0.717, 1.165) is 38.2 Å². The smallest absolute Gasteiger partial charge is 0.146 e. The molecule has 4 fully saturated rings. The lowest BCUT2D eigenvalue weighted by Gasteiger charge is -2.55. The maximum absolute atomic E-state index is 12.0. The average molecular weight is 224 g/mol. The van der Waals surface area contributed by atoms with Gasteiger partial charge >= 0.3 is 0 Å². The predicted octanol–water partition coefficient (Wildman–Crippen LogP) is 2.00. The van der Waals surface area contributed by atoms with Gasteiger partial charge in [0, 0.05) is 18.9 Å². The zero-order valence-electron chi connectivity index (χ0n) is 9.91. The lowest BCUT2D eigenvalue weighted by Crippen LogP contribution is -2.53. The summed E-state index contributed by atoms with van der Waals surface area (Å²) in [7, 11) is 1.66. The Balaban J connectivity index is 1.71. The van der Waals surface area contributed by atoms with E-state index in [2.05, 4.69) is 0 Å². The van der Waals surface area contributed by atoms with Crippen LogP contribution in [0.4, 0.5) is 0 Å². The molecule has 4 bridgehead atoms. The molecule has 0 aromatic heterocycles. The van der Waals surface area contributed by atoms with E-state index in [0.29, 0.717) is 29.8 Å². The van der Waals surface area contributed by atoms with E-state index in [-0.39, 0.29) is 0 Å². The van der Waals surface area contributed by atoms with Crippen LogP contribution in [0, 0.1) is 23.2 Å². The van der Waals surface area contributed by atoms with Gasteiger partial charge in [-0.25, -0.2) is 0 Å². The number of hydrogen-bond donors (Lipinski definition) is 0. The molecule has 4 rings (SSSR count). The lowest BCUT2D eigenvalue weighted by atomic mass is 9.49. The monoisotopic (exact) mass is 224 g/mol. The second kappa shape index (κ2) is 3.81. The summed E-state index contributed by atoms with van der Waals surface area (Å²) in [6, 6.07) is 0. The third-order valence-corrected chi connectivity index (χ3v) is 4.73. The molecule has 3 heteroatoms. The maximum atomic E-state index is 12.0. The Labute approximate surface area is 96.5 Å². The fourth-order valence-electron chi connectivity index (χ4n) is 4.43. The minimum Gasteiger partial charge on any atom is -0.359 e. The van der Waals surface area contributed by atoms with Crippen molar-refractivity contribution in [2.45, 2.75) is 32.1 Å². The van der Waals surface area contributed by atoms with Gasteiger partial charge in [-0.1, -0.05) is 0 Å². The summed E-state index contributed by atoms with van der Waals surface area (Å²) in [5.74, 6) is 2.06. The van der Waals surface area contributed by atoms with Gasteiger partial charge in [-0.15, -0.1) is 0 Å². The minimum atomic E-state index is 0.308. The number of methoxy groups -OCH3 is 1. The highest BCUT2D eigenvalue weighted by molar-refractivity contribution is 5.85. The Kier molecular flexibility index (Phi) is 2.55. The number of rotatable bonds is 4. The van der Waals surface area contributed by atoms with Gasteiger partial charge in [0.25, 0.3) is 0 Å². The van der Waals surface area contributed by atoms with Crippen molar-refractivity contribution in [2.75, 3.05) is 20.5 Å². The van der Waals surface area contributed by atoms with E-state index >= 15 is 0 Å². The standard InChI is InChI=1S/C13H20O3/c1-15-8-16-7-13-4-9-2-10(5-13)12(14)11(3-9)6-13/h9-11H,2-8H2,1H3. The van der Waals surface area contributed by atoms with Crippen LogP contribution in [0.5, 0.6) is 0 Å². The molecule has 0 heterocycles. The zero-order valence-corrected chi connectivity index (χ0v) is 9.91. The van der Waals surface area contributed by atoms with E-state index in [9.17, 15) is 4.79 Å². The molecule has 0 spiro atoms. The van der Waals surface area contributed by atoms with Crippen molar-refractivity contribution in [1.29, 1.82) is 0 Å². The number of hydrogen-bond acceptors (Lipinski definition) is 3. The van der Waals surface area contributed by atoms with E-state index in [1.165, 1.54) is 6.42 Å². The number of carbonyl (C=O) groups excluding carboxylic acids is 1. The first-order valence-corrected chi connectivity index (χ1v) is 6.33. The van der Waals surface area contributed by atoms with Gasteiger partial charge < -0.3 is 9.47 Å². The van der Waals surface area contributed by atoms with Gasteiger partial charge in [0.15, 0.2) is 0 Å². The molecular weight excluding hydrogens is 204 g/mol. The normalized spacial score (nSPS) is 45.3. The second-order valence-electron chi connectivity index (χ2n) is 6.00. The molecule has 90 valence electrons. The van der Waals surface area contributed by atoms with Gasteiger partial charge in [0.05, 0.1) is 6.61 Å². The summed E-state index contributed by atoms with van der Waals surface area (Å²) in [5, 5.41) is 0. The summed E-state index contributed by atoms with van der Waals surface area (Å²) in [4.78, 5) is 12.0. The molecule has 4 aliphatic rings. The highest BCUT2D eigenvalue weighted by atomic mass is 16.7. The average Bonchev–Trinajstić information content (AvgIpc) is 2.25. The lowest BCUT2D eigenvalue weighted by molar-refractivity contribution is -0.158. The van der Waals surface area contributed by atoms with Gasteiger partial charge in [-0.3, -0.25) is 4.79 Å². The molecule has 4 aliphatic carbocycles. The fourth-order valence-corrected chi connectivity index (χ4v) is 4.43. The maximum Gasteiger partial charge on any atom is 0.146 e. The van der Waals surface area contributed by atoms with Gasteiger partial charge in [0.2, 0.25) is 0 Å². The molecule has 16 heavy (non-hydrogen) atoms. The van der Waals surface area contributed by atoms with Crippen LogP contribution in [0.15, 0.2) is 0 Å². The summed E-state index contributed by atoms with van der Waals surface area (Å²) in [6.45, 7) is 1.17. The highest BCUT2D eigenvalue weighted by Crippen LogP contribution is 2.58. The van der Waals surface area contributed by atoms with Crippen LogP contribution in [0.25, 0.3) is 0 Å². The zero-order chi connectivity index (χ0) is 11.2. The van der Waals surface area contributed by atoms with Gasteiger partial charge in [-0.05, 0) is 43.4 Å². The van der Waals surface area contributed by atoms with Crippen LogP contribution in [-0.2, 0) is 14.3 Å². The molecule has 0 aromatic carbocycles. The van der Waals surface area contributed by atoms with Crippen molar-refractivity contribution in [3.8, 4) is 0 Å². The van der Waals surface area contributed by atoms with Crippen LogP contribution >= 0.6 is 0 Å². The quantitative estimate of drug-likeness (QED) is 0.541. The molecule has 4 saturated carbocycles. The Morgan fingerprint density at radius 3 is 2.56 bits per heavy atom. The first-order chi connectivity index (χ1) is 7.72. The molecule has 0 N–H and O–H groups in total. The molecule has 0 aromatic rings. The van der Waals surface area contributed by atoms with Crippen molar-refractivity contribution in [1.82, 2.24) is 0 Å². The topological polar surface area (TPSA) is 35.5 Å². The summed E-state index contributed by atoms with van der Waals surface area (Å²) < 4.78 is 10.5. The fraction of sp³-hybridized carbons (Fsp3) is 0.923.